The molecule has 10 nitrogen and oxygen atoms in total. The van der Waals surface area contributed by atoms with E-state index in [9.17, 15) is 8.42 Å². The Labute approximate surface area is 165 Å². The molecule has 12 heteroatoms. The standard InChI is InChI=1S/C16H17N5O5S2/c1-9-5-10-11(25-8-24-10)6-12(9)27-16-20-13-14(17)18-7-19-15(13)21(16)3-4-26-28(2,22)23/h5-7H,3-4,8H2,1-2H3,(H2,17,18,19). The fourth-order valence-electron chi connectivity index (χ4n) is 2.73. The number of benzene rings is 1. The predicted octanol–water partition coefficient (Wildman–Crippen LogP) is 1.57. The van der Waals surface area contributed by atoms with Crippen LogP contribution in [0, 0.1) is 6.92 Å². The van der Waals surface area contributed by atoms with E-state index in [2.05, 4.69) is 15.0 Å². The van der Waals surface area contributed by atoms with Gasteiger partial charge in [0.25, 0.3) is 10.1 Å². The zero-order valence-electron chi connectivity index (χ0n) is 15.1. The molecule has 1 aromatic carbocycles. The van der Waals surface area contributed by atoms with E-state index in [0.717, 1.165) is 16.7 Å². The highest BCUT2D eigenvalue weighted by atomic mass is 32.2. The molecule has 1 aliphatic rings. The van der Waals surface area contributed by atoms with E-state index in [4.69, 9.17) is 19.4 Å². The second-order valence-electron chi connectivity index (χ2n) is 6.08. The number of nitrogens with zero attached hydrogens (tertiary/aromatic N) is 4. The van der Waals surface area contributed by atoms with Gasteiger partial charge in [-0.3, -0.25) is 4.18 Å². The van der Waals surface area contributed by atoms with Crippen molar-refractivity contribution in [1.29, 1.82) is 0 Å². The molecule has 0 fully saturated rings. The lowest BCUT2D eigenvalue weighted by molar-refractivity contribution is 0.174. The first-order valence-corrected chi connectivity index (χ1v) is 10.8. The normalized spacial score (nSPS) is 13.4. The van der Waals surface area contributed by atoms with Gasteiger partial charge in [-0.1, -0.05) is 11.8 Å². The molecule has 2 N–H and O–H groups in total. The van der Waals surface area contributed by atoms with Crippen molar-refractivity contribution < 1.29 is 22.1 Å². The molecule has 3 aromatic rings. The molecule has 3 heterocycles. The van der Waals surface area contributed by atoms with Crippen molar-refractivity contribution in [3.8, 4) is 11.5 Å². The first kappa shape index (κ1) is 18.8. The van der Waals surface area contributed by atoms with Crippen LogP contribution in [0.4, 0.5) is 5.82 Å². The van der Waals surface area contributed by atoms with Gasteiger partial charge in [-0.2, -0.15) is 8.42 Å². The number of anilines is 1. The van der Waals surface area contributed by atoms with Gasteiger partial charge >= 0.3 is 0 Å². The number of hydrogen-bond donors (Lipinski definition) is 1. The van der Waals surface area contributed by atoms with Crippen LogP contribution in [-0.2, 0) is 20.8 Å². The lowest BCUT2D eigenvalue weighted by atomic mass is 10.2. The Morgan fingerprint density at radius 2 is 2.04 bits per heavy atom. The highest BCUT2D eigenvalue weighted by Gasteiger charge is 2.20. The minimum Gasteiger partial charge on any atom is -0.454 e. The smallest absolute Gasteiger partial charge is 0.264 e. The third kappa shape index (κ3) is 3.70. The van der Waals surface area contributed by atoms with Gasteiger partial charge in [-0.05, 0) is 24.6 Å². The first-order valence-electron chi connectivity index (χ1n) is 8.21. The molecule has 0 unspecified atom stereocenters. The average Bonchev–Trinajstić information content (AvgIpc) is 3.20. The Kier molecular flexibility index (Phi) is 4.77. The topological polar surface area (TPSA) is 131 Å². The summed E-state index contributed by atoms with van der Waals surface area (Å²) in [7, 11) is -3.55. The summed E-state index contributed by atoms with van der Waals surface area (Å²) < 4.78 is 40.0. The van der Waals surface area contributed by atoms with Crippen LogP contribution in [0.1, 0.15) is 5.56 Å². The molecule has 0 aliphatic carbocycles. The van der Waals surface area contributed by atoms with E-state index in [1.54, 1.807) is 4.57 Å². The molecule has 2 aromatic heterocycles. The Bertz CT molecular complexity index is 1160. The lowest BCUT2D eigenvalue weighted by Gasteiger charge is -2.10. The molecular weight excluding hydrogens is 406 g/mol. The summed E-state index contributed by atoms with van der Waals surface area (Å²) in [4.78, 5) is 13.7. The molecule has 0 radical (unpaired) electrons. The van der Waals surface area contributed by atoms with Crippen LogP contribution in [0.5, 0.6) is 11.5 Å². The zero-order chi connectivity index (χ0) is 19.9. The van der Waals surface area contributed by atoms with E-state index in [-0.39, 0.29) is 25.8 Å². The number of nitrogens with two attached hydrogens (primary N) is 1. The van der Waals surface area contributed by atoms with Crippen LogP contribution in [0.15, 0.2) is 28.5 Å². The number of hydrogen-bond acceptors (Lipinski definition) is 10. The van der Waals surface area contributed by atoms with Crippen LogP contribution in [0.2, 0.25) is 0 Å². The monoisotopic (exact) mass is 423 g/mol. The quantitative estimate of drug-likeness (QED) is 0.583. The largest absolute Gasteiger partial charge is 0.454 e. The number of ether oxygens (including phenoxy) is 2. The molecule has 148 valence electrons. The maximum Gasteiger partial charge on any atom is 0.264 e. The van der Waals surface area contributed by atoms with Crippen LogP contribution in [0.25, 0.3) is 11.2 Å². The van der Waals surface area contributed by atoms with Crippen molar-refractivity contribution in [3.05, 3.63) is 24.0 Å². The SMILES string of the molecule is Cc1cc2c(cc1Sc1nc3c(N)ncnc3n1CCOS(C)(=O)=O)OCO2. The van der Waals surface area contributed by atoms with Gasteiger partial charge in [0, 0.05) is 4.90 Å². The third-order valence-corrected chi connectivity index (χ3v) is 5.76. The molecule has 4 rings (SSSR count). The van der Waals surface area contributed by atoms with Gasteiger partial charge in [-0.25, -0.2) is 15.0 Å². The van der Waals surface area contributed by atoms with Gasteiger partial charge in [0.15, 0.2) is 33.6 Å². The molecule has 0 amide bonds. The highest BCUT2D eigenvalue weighted by molar-refractivity contribution is 7.99. The summed E-state index contributed by atoms with van der Waals surface area (Å²) in [5.74, 6) is 1.61. The lowest BCUT2D eigenvalue weighted by Crippen LogP contribution is -2.11. The number of aromatic nitrogens is 4. The van der Waals surface area contributed by atoms with Crippen LogP contribution >= 0.6 is 11.8 Å². The molecule has 1 aliphatic heterocycles. The average molecular weight is 423 g/mol. The third-order valence-electron chi connectivity index (χ3n) is 4.01. The Morgan fingerprint density at radius 3 is 2.79 bits per heavy atom. The fourth-order valence-corrected chi connectivity index (χ4v) is 4.11. The van der Waals surface area contributed by atoms with Crippen molar-refractivity contribution in [2.75, 3.05) is 25.4 Å². The van der Waals surface area contributed by atoms with Gasteiger partial charge in [0.2, 0.25) is 6.79 Å². The Morgan fingerprint density at radius 1 is 1.29 bits per heavy atom. The van der Waals surface area contributed by atoms with Crippen LogP contribution < -0.4 is 15.2 Å². The fraction of sp³-hybridized carbons (Fsp3) is 0.312. The van der Waals surface area contributed by atoms with E-state index in [1.807, 2.05) is 19.1 Å². The van der Waals surface area contributed by atoms with Gasteiger partial charge < -0.3 is 19.8 Å². The summed E-state index contributed by atoms with van der Waals surface area (Å²) in [6, 6.07) is 3.78. The second-order valence-corrected chi connectivity index (χ2v) is 8.73. The number of nitrogen functional groups attached to an aromatic ring is 1. The molecule has 28 heavy (non-hydrogen) atoms. The van der Waals surface area contributed by atoms with Gasteiger partial charge in [0.1, 0.15) is 6.33 Å². The maximum atomic E-state index is 11.3. The number of aryl methyl sites for hydroxylation is 1. The van der Waals surface area contributed by atoms with E-state index >= 15 is 0 Å². The van der Waals surface area contributed by atoms with Crippen LogP contribution in [-0.4, -0.2) is 47.6 Å². The van der Waals surface area contributed by atoms with Crippen molar-refractivity contribution in [1.82, 2.24) is 19.5 Å². The molecule has 0 saturated heterocycles. The minimum atomic E-state index is -3.55. The van der Waals surface area contributed by atoms with Crippen molar-refractivity contribution in [3.63, 3.8) is 0 Å². The second kappa shape index (κ2) is 7.11. The summed E-state index contributed by atoms with van der Waals surface area (Å²) >= 11 is 1.39. The van der Waals surface area contributed by atoms with E-state index in [1.165, 1.54) is 18.1 Å². The van der Waals surface area contributed by atoms with Crippen molar-refractivity contribution in [2.45, 2.75) is 23.5 Å². The van der Waals surface area contributed by atoms with Crippen LogP contribution in [0.3, 0.4) is 0 Å². The highest BCUT2D eigenvalue weighted by Crippen LogP contribution is 2.40. The molecule has 0 atom stereocenters. The maximum absolute atomic E-state index is 11.3. The Hall–Kier alpha value is -2.57. The number of rotatable bonds is 6. The molecule has 0 bridgehead atoms. The summed E-state index contributed by atoms with van der Waals surface area (Å²) in [6.07, 6.45) is 2.35. The molecular formula is C16H17N5O5S2. The van der Waals surface area contributed by atoms with E-state index < -0.39 is 10.1 Å². The molecule has 0 spiro atoms. The van der Waals surface area contributed by atoms with Gasteiger partial charge in [-0.15, -0.1) is 0 Å². The van der Waals surface area contributed by atoms with E-state index in [0.29, 0.717) is 27.8 Å². The minimum absolute atomic E-state index is 0.0537. The Balaban J connectivity index is 1.71. The van der Waals surface area contributed by atoms with Gasteiger partial charge in [0.05, 0.1) is 19.4 Å². The van der Waals surface area contributed by atoms with Crippen molar-refractivity contribution in [2.24, 2.45) is 0 Å². The predicted molar refractivity (Wildman–Crippen MR) is 102 cm³/mol. The number of imidazole rings is 1. The zero-order valence-corrected chi connectivity index (χ0v) is 16.7. The summed E-state index contributed by atoms with van der Waals surface area (Å²) in [6.45, 7) is 2.32. The summed E-state index contributed by atoms with van der Waals surface area (Å²) in [5, 5.41) is 0.585. The summed E-state index contributed by atoms with van der Waals surface area (Å²) in [5.41, 5.74) is 7.87. The van der Waals surface area contributed by atoms with Crippen molar-refractivity contribution >= 4 is 38.9 Å². The molecule has 0 saturated carbocycles. The number of fused-ring (bicyclic) bond motifs is 2. The first-order chi connectivity index (χ1) is 13.3.